The number of aliphatic hydroxyl groups excluding tert-OH is 1. The predicted octanol–water partition coefficient (Wildman–Crippen LogP) is 4.25. The smallest absolute Gasteiger partial charge is 0.194 e. The lowest BCUT2D eigenvalue weighted by Gasteiger charge is -2.42. The van der Waals surface area contributed by atoms with E-state index in [-0.39, 0.29) is 11.0 Å². The molecule has 1 unspecified atom stereocenters. The molecule has 0 radical (unpaired) electrons. The number of rotatable bonds is 2. The molecule has 1 atom stereocenters. The van der Waals surface area contributed by atoms with Crippen molar-refractivity contribution in [3.8, 4) is 6.07 Å². The highest BCUT2D eigenvalue weighted by molar-refractivity contribution is 5.26. The Balaban J connectivity index is 2.34. The molecule has 0 bridgehead atoms. The van der Waals surface area contributed by atoms with Gasteiger partial charge in [0, 0.05) is 0 Å². The molecule has 1 aliphatic carbocycles. The van der Waals surface area contributed by atoms with E-state index in [2.05, 4.69) is 19.9 Å². The Bertz CT molecular complexity index is 559. The summed E-state index contributed by atoms with van der Waals surface area (Å²) >= 11 is 0. The average molecular weight is 297 g/mol. The summed E-state index contributed by atoms with van der Waals surface area (Å²) < 4.78 is 39.6. The Labute approximate surface area is 122 Å². The van der Waals surface area contributed by atoms with Crippen molar-refractivity contribution in [1.82, 2.24) is 0 Å². The van der Waals surface area contributed by atoms with Crippen molar-refractivity contribution in [2.75, 3.05) is 0 Å². The van der Waals surface area contributed by atoms with Gasteiger partial charge < -0.3 is 5.11 Å². The lowest BCUT2D eigenvalue weighted by atomic mass is 9.62. The molecule has 1 aromatic rings. The molecule has 0 amide bonds. The fraction of sp³-hybridized carbons (Fsp3) is 0.562. The van der Waals surface area contributed by atoms with E-state index in [1.165, 1.54) is 0 Å². The first-order valence-corrected chi connectivity index (χ1v) is 6.95. The second-order valence-electron chi connectivity index (χ2n) is 6.63. The lowest BCUT2D eigenvalue weighted by molar-refractivity contribution is 0.00912. The summed E-state index contributed by atoms with van der Waals surface area (Å²) in [6.45, 7) is 4.16. The van der Waals surface area contributed by atoms with Crippen LogP contribution >= 0.6 is 0 Å². The Kier molecular flexibility index (Phi) is 4.03. The van der Waals surface area contributed by atoms with Gasteiger partial charge in [0.25, 0.3) is 0 Å². The van der Waals surface area contributed by atoms with Crippen LogP contribution in [0.2, 0.25) is 0 Å². The number of nitrogens with zero attached hydrogens (tertiary/aromatic N) is 1. The van der Waals surface area contributed by atoms with Crippen LogP contribution in [0.5, 0.6) is 0 Å². The number of halogens is 3. The molecular formula is C16H18F3NO. The van der Waals surface area contributed by atoms with Crippen molar-refractivity contribution in [3.05, 3.63) is 35.1 Å². The van der Waals surface area contributed by atoms with Crippen LogP contribution in [0.15, 0.2) is 12.1 Å². The minimum Gasteiger partial charge on any atom is -0.387 e. The molecule has 0 heterocycles. The topological polar surface area (TPSA) is 44.0 Å². The molecule has 0 saturated heterocycles. The first kappa shape index (κ1) is 15.8. The first-order valence-electron chi connectivity index (χ1n) is 6.95. The van der Waals surface area contributed by atoms with Gasteiger partial charge in [0.15, 0.2) is 17.5 Å². The fourth-order valence-corrected chi connectivity index (χ4v) is 2.87. The quantitative estimate of drug-likeness (QED) is 0.829. The molecule has 2 nitrogen and oxygen atoms in total. The molecule has 1 saturated carbocycles. The van der Waals surface area contributed by atoms with Gasteiger partial charge in [-0.1, -0.05) is 13.8 Å². The molecule has 0 aromatic heterocycles. The Morgan fingerprint density at radius 3 is 2.00 bits per heavy atom. The summed E-state index contributed by atoms with van der Waals surface area (Å²) in [6.07, 6.45) is 1.03. The van der Waals surface area contributed by atoms with Gasteiger partial charge in [0.1, 0.15) is 0 Å². The fourth-order valence-electron chi connectivity index (χ4n) is 2.87. The van der Waals surface area contributed by atoms with Crippen molar-refractivity contribution in [2.45, 2.75) is 45.6 Å². The van der Waals surface area contributed by atoms with Gasteiger partial charge in [-0.05, 0) is 48.8 Å². The first-order chi connectivity index (χ1) is 9.71. The molecule has 1 aliphatic rings. The van der Waals surface area contributed by atoms with E-state index >= 15 is 0 Å². The summed E-state index contributed by atoms with van der Waals surface area (Å²) in [5.41, 5.74) is -1.08. The normalized spacial score (nSPS) is 21.6. The van der Waals surface area contributed by atoms with Crippen molar-refractivity contribution in [3.63, 3.8) is 0 Å². The zero-order valence-corrected chi connectivity index (χ0v) is 12.1. The average Bonchev–Trinajstić information content (AvgIpc) is 2.44. The standard InChI is InChI=1S/C16H18F3NO/c1-15(2)3-5-16(9-20,6-4-15)14(21)10-7-11(17)13(19)12(18)8-10/h7-8,14,21H,3-6H2,1-2H3. The number of nitriles is 1. The van der Waals surface area contributed by atoms with E-state index in [0.717, 1.165) is 25.0 Å². The minimum atomic E-state index is -1.57. The van der Waals surface area contributed by atoms with Crippen LogP contribution in [0, 0.1) is 39.6 Å². The summed E-state index contributed by atoms with van der Waals surface area (Å²) in [7, 11) is 0. The van der Waals surface area contributed by atoms with Crippen molar-refractivity contribution in [1.29, 1.82) is 5.26 Å². The van der Waals surface area contributed by atoms with Gasteiger partial charge in [0.2, 0.25) is 0 Å². The molecular weight excluding hydrogens is 279 g/mol. The van der Waals surface area contributed by atoms with E-state index in [4.69, 9.17) is 0 Å². The molecule has 1 fully saturated rings. The largest absolute Gasteiger partial charge is 0.387 e. The van der Waals surface area contributed by atoms with E-state index in [9.17, 15) is 23.5 Å². The maximum absolute atomic E-state index is 13.3. The molecule has 5 heteroatoms. The lowest BCUT2D eigenvalue weighted by Crippen LogP contribution is -2.35. The van der Waals surface area contributed by atoms with Gasteiger partial charge >= 0.3 is 0 Å². The maximum Gasteiger partial charge on any atom is 0.194 e. The third-order valence-electron chi connectivity index (χ3n) is 4.56. The Morgan fingerprint density at radius 1 is 1.10 bits per heavy atom. The van der Waals surface area contributed by atoms with E-state index in [0.29, 0.717) is 12.8 Å². The second-order valence-corrected chi connectivity index (χ2v) is 6.63. The number of hydrogen-bond donors (Lipinski definition) is 1. The molecule has 0 spiro atoms. The van der Waals surface area contributed by atoms with Crippen molar-refractivity contribution >= 4 is 0 Å². The number of benzene rings is 1. The Hall–Kier alpha value is -1.54. The van der Waals surface area contributed by atoms with E-state index in [1.54, 1.807) is 0 Å². The van der Waals surface area contributed by atoms with Crippen LogP contribution in [-0.4, -0.2) is 5.11 Å². The third-order valence-corrected chi connectivity index (χ3v) is 4.56. The number of aliphatic hydroxyl groups is 1. The van der Waals surface area contributed by atoms with Crippen molar-refractivity contribution < 1.29 is 18.3 Å². The number of hydrogen-bond acceptors (Lipinski definition) is 2. The summed E-state index contributed by atoms with van der Waals surface area (Å²) in [6, 6.07) is 3.65. The SMILES string of the molecule is CC1(C)CCC(C#N)(C(O)c2cc(F)c(F)c(F)c2)CC1. The van der Waals surface area contributed by atoms with Crippen LogP contribution in [0.3, 0.4) is 0 Å². The second kappa shape index (κ2) is 5.34. The Morgan fingerprint density at radius 2 is 1.57 bits per heavy atom. The predicted molar refractivity (Wildman–Crippen MR) is 71.6 cm³/mol. The highest BCUT2D eigenvalue weighted by atomic mass is 19.2. The van der Waals surface area contributed by atoms with Crippen LogP contribution < -0.4 is 0 Å². The van der Waals surface area contributed by atoms with Gasteiger partial charge in [-0.15, -0.1) is 0 Å². The molecule has 1 aromatic carbocycles. The highest BCUT2D eigenvalue weighted by Crippen LogP contribution is 2.51. The maximum atomic E-state index is 13.3. The van der Waals surface area contributed by atoms with Gasteiger partial charge in [-0.25, -0.2) is 13.2 Å². The van der Waals surface area contributed by atoms with Crippen LogP contribution in [0.25, 0.3) is 0 Å². The summed E-state index contributed by atoms with van der Waals surface area (Å²) in [5.74, 6) is -4.27. The molecule has 1 N–H and O–H groups in total. The van der Waals surface area contributed by atoms with Crippen LogP contribution in [0.1, 0.15) is 51.2 Å². The van der Waals surface area contributed by atoms with E-state index < -0.39 is 29.0 Å². The van der Waals surface area contributed by atoms with Crippen LogP contribution in [-0.2, 0) is 0 Å². The zero-order chi connectivity index (χ0) is 15.8. The zero-order valence-electron chi connectivity index (χ0n) is 12.1. The van der Waals surface area contributed by atoms with Gasteiger partial charge in [-0.3, -0.25) is 0 Å². The van der Waals surface area contributed by atoms with E-state index in [1.807, 2.05) is 0 Å². The summed E-state index contributed by atoms with van der Waals surface area (Å²) in [5, 5.41) is 19.9. The van der Waals surface area contributed by atoms with Crippen LogP contribution in [0.4, 0.5) is 13.2 Å². The minimum absolute atomic E-state index is 0.0827. The molecule has 0 aliphatic heterocycles. The molecule has 2 rings (SSSR count). The summed E-state index contributed by atoms with van der Waals surface area (Å²) in [4.78, 5) is 0. The third kappa shape index (κ3) is 2.91. The van der Waals surface area contributed by atoms with Gasteiger partial charge in [-0.2, -0.15) is 5.26 Å². The monoisotopic (exact) mass is 297 g/mol. The van der Waals surface area contributed by atoms with Gasteiger partial charge in [0.05, 0.1) is 17.6 Å². The van der Waals surface area contributed by atoms with Crippen molar-refractivity contribution in [2.24, 2.45) is 10.8 Å². The highest BCUT2D eigenvalue weighted by Gasteiger charge is 2.44. The molecule has 114 valence electrons. The molecule has 21 heavy (non-hydrogen) atoms.